The molecule has 3 N–H and O–H groups in total. The average Bonchev–Trinajstić information content (AvgIpc) is 2.47. The van der Waals surface area contributed by atoms with Crippen LogP contribution in [0.2, 0.25) is 0 Å². The summed E-state index contributed by atoms with van der Waals surface area (Å²) < 4.78 is 0. The lowest BCUT2D eigenvalue weighted by molar-refractivity contribution is 0.215. The number of nitrogen functional groups attached to an aromatic ring is 1. The van der Waals surface area contributed by atoms with Gasteiger partial charge in [-0.2, -0.15) is 0 Å². The Morgan fingerprint density at radius 2 is 2.25 bits per heavy atom. The lowest BCUT2D eigenvalue weighted by Gasteiger charge is -2.10. The highest BCUT2D eigenvalue weighted by atomic mass is 16.6. The Morgan fingerprint density at radius 1 is 1.40 bits per heavy atom. The number of aryl methyl sites for hydroxylation is 1. The summed E-state index contributed by atoms with van der Waals surface area (Å²) in [4.78, 5) is 12.8. The monoisotopic (exact) mass is 271 g/mol. The van der Waals surface area contributed by atoms with Gasteiger partial charge in [0.15, 0.2) is 0 Å². The number of benzene rings is 1. The first-order chi connectivity index (χ1) is 9.74. The Balaban J connectivity index is 2.32. The van der Waals surface area contributed by atoms with Gasteiger partial charge in [0.25, 0.3) is 0 Å². The largest absolute Gasteiger partial charge is 0.399 e. The Labute approximate surface area is 117 Å². The number of rotatable bonds is 5. The first-order valence-electron chi connectivity index (χ1n) is 6.27. The van der Waals surface area contributed by atoms with Crippen LogP contribution in [0.25, 0.3) is 0 Å². The third-order valence-corrected chi connectivity index (χ3v) is 2.80. The van der Waals surface area contributed by atoms with Crippen LogP contribution in [-0.2, 0) is 11.3 Å². The van der Waals surface area contributed by atoms with Gasteiger partial charge in [-0.1, -0.05) is 24.2 Å². The van der Waals surface area contributed by atoms with Crippen molar-refractivity contribution in [2.45, 2.75) is 13.3 Å². The number of aromatic nitrogens is 2. The van der Waals surface area contributed by atoms with Crippen molar-refractivity contribution in [1.29, 1.82) is 0 Å². The SMILES string of the molecule is CCc1cccc(Nc2ncnc(N)c2C=NOC)c1. The van der Waals surface area contributed by atoms with E-state index in [4.69, 9.17) is 5.73 Å². The van der Waals surface area contributed by atoms with Crippen LogP contribution >= 0.6 is 0 Å². The molecule has 1 aromatic heterocycles. The van der Waals surface area contributed by atoms with Crippen LogP contribution < -0.4 is 11.1 Å². The molecule has 0 saturated carbocycles. The number of hydrogen-bond acceptors (Lipinski definition) is 6. The summed E-state index contributed by atoms with van der Waals surface area (Å²) in [6.45, 7) is 2.11. The van der Waals surface area contributed by atoms with E-state index >= 15 is 0 Å². The van der Waals surface area contributed by atoms with Gasteiger partial charge in [0.1, 0.15) is 25.1 Å². The third-order valence-electron chi connectivity index (χ3n) is 2.80. The standard InChI is InChI=1S/C14H17N5O/c1-3-10-5-4-6-11(7-10)19-14-12(8-18-20-2)13(15)16-9-17-14/h4-9H,3H2,1-2H3,(H3,15,16,17,19). The minimum absolute atomic E-state index is 0.343. The molecular formula is C14H17N5O. The zero-order chi connectivity index (χ0) is 14.4. The highest BCUT2D eigenvalue weighted by Crippen LogP contribution is 2.21. The van der Waals surface area contributed by atoms with E-state index in [1.54, 1.807) is 0 Å². The van der Waals surface area contributed by atoms with E-state index in [0.717, 1.165) is 12.1 Å². The van der Waals surface area contributed by atoms with Gasteiger partial charge in [-0.15, -0.1) is 0 Å². The Bertz CT molecular complexity index is 612. The molecule has 1 heterocycles. The molecule has 0 saturated heterocycles. The fraction of sp³-hybridized carbons (Fsp3) is 0.214. The Morgan fingerprint density at radius 3 is 3.00 bits per heavy atom. The predicted octanol–water partition coefficient (Wildman–Crippen LogP) is 2.35. The number of anilines is 3. The molecule has 2 aromatic rings. The molecule has 0 amide bonds. The van der Waals surface area contributed by atoms with Crippen LogP contribution in [0.1, 0.15) is 18.1 Å². The molecule has 0 bridgehead atoms. The van der Waals surface area contributed by atoms with Crippen LogP contribution in [0.15, 0.2) is 35.7 Å². The number of nitrogens with two attached hydrogens (primary N) is 1. The van der Waals surface area contributed by atoms with Crippen molar-refractivity contribution in [2.24, 2.45) is 5.16 Å². The molecule has 0 aliphatic heterocycles. The second kappa shape index (κ2) is 6.51. The summed E-state index contributed by atoms with van der Waals surface area (Å²) in [6, 6.07) is 8.10. The van der Waals surface area contributed by atoms with Crippen LogP contribution in [0.5, 0.6) is 0 Å². The molecule has 20 heavy (non-hydrogen) atoms. The van der Waals surface area contributed by atoms with E-state index in [1.165, 1.54) is 25.2 Å². The molecule has 0 spiro atoms. The lowest BCUT2D eigenvalue weighted by Crippen LogP contribution is -2.05. The topological polar surface area (TPSA) is 85.4 Å². The minimum Gasteiger partial charge on any atom is -0.399 e. The van der Waals surface area contributed by atoms with Crippen molar-refractivity contribution in [3.8, 4) is 0 Å². The van der Waals surface area contributed by atoms with Crippen molar-refractivity contribution in [3.63, 3.8) is 0 Å². The summed E-state index contributed by atoms with van der Waals surface area (Å²) >= 11 is 0. The molecular weight excluding hydrogens is 254 g/mol. The van der Waals surface area contributed by atoms with Crippen molar-refractivity contribution >= 4 is 23.5 Å². The molecule has 0 fully saturated rings. The number of hydrogen-bond donors (Lipinski definition) is 2. The van der Waals surface area contributed by atoms with Gasteiger partial charge in [-0.05, 0) is 24.1 Å². The first kappa shape index (κ1) is 13.8. The molecule has 0 atom stereocenters. The second-order valence-electron chi connectivity index (χ2n) is 4.12. The third kappa shape index (κ3) is 3.23. The normalized spacial score (nSPS) is 10.7. The molecule has 0 unspecified atom stereocenters. The molecule has 2 rings (SSSR count). The van der Waals surface area contributed by atoms with Gasteiger partial charge in [-0.3, -0.25) is 0 Å². The smallest absolute Gasteiger partial charge is 0.144 e. The summed E-state index contributed by atoms with van der Waals surface area (Å²) in [5, 5.41) is 6.93. The maximum atomic E-state index is 5.83. The summed E-state index contributed by atoms with van der Waals surface area (Å²) in [6.07, 6.45) is 3.87. The van der Waals surface area contributed by atoms with Crippen LogP contribution in [0.3, 0.4) is 0 Å². The average molecular weight is 271 g/mol. The van der Waals surface area contributed by atoms with E-state index in [0.29, 0.717) is 17.2 Å². The molecule has 0 aliphatic carbocycles. The first-order valence-corrected chi connectivity index (χ1v) is 6.27. The maximum absolute atomic E-state index is 5.83. The van der Waals surface area contributed by atoms with Gasteiger partial charge in [0.2, 0.25) is 0 Å². The zero-order valence-corrected chi connectivity index (χ0v) is 11.5. The quantitative estimate of drug-likeness (QED) is 0.644. The molecule has 1 aromatic carbocycles. The number of nitrogens with one attached hydrogen (secondary N) is 1. The van der Waals surface area contributed by atoms with E-state index in [1.807, 2.05) is 12.1 Å². The molecule has 6 nitrogen and oxygen atoms in total. The Hall–Kier alpha value is -2.63. The van der Waals surface area contributed by atoms with E-state index in [9.17, 15) is 0 Å². The van der Waals surface area contributed by atoms with Crippen LogP contribution in [0, 0.1) is 0 Å². The lowest BCUT2D eigenvalue weighted by atomic mass is 10.1. The van der Waals surface area contributed by atoms with E-state index in [-0.39, 0.29) is 0 Å². The van der Waals surface area contributed by atoms with Gasteiger partial charge >= 0.3 is 0 Å². The minimum atomic E-state index is 0.343. The highest BCUT2D eigenvalue weighted by Gasteiger charge is 2.08. The number of nitrogens with zero attached hydrogens (tertiary/aromatic N) is 3. The van der Waals surface area contributed by atoms with Crippen molar-refractivity contribution in [2.75, 3.05) is 18.2 Å². The van der Waals surface area contributed by atoms with Gasteiger partial charge in [0, 0.05) is 5.69 Å². The van der Waals surface area contributed by atoms with Gasteiger partial charge < -0.3 is 15.9 Å². The molecule has 0 aliphatic rings. The van der Waals surface area contributed by atoms with Crippen LogP contribution in [-0.4, -0.2) is 23.3 Å². The predicted molar refractivity (Wildman–Crippen MR) is 80.2 cm³/mol. The fourth-order valence-corrected chi connectivity index (χ4v) is 1.75. The van der Waals surface area contributed by atoms with Crippen LogP contribution in [0.4, 0.5) is 17.3 Å². The molecule has 104 valence electrons. The highest BCUT2D eigenvalue weighted by molar-refractivity contribution is 5.92. The molecule has 0 radical (unpaired) electrons. The Kier molecular flexibility index (Phi) is 4.49. The maximum Gasteiger partial charge on any atom is 0.144 e. The van der Waals surface area contributed by atoms with E-state index < -0.39 is 0 Å². The summed E-state index contributed by atoms with van der Waals surface area (Å²) in [5.41, 5.74) is 8.61. The van der Waals surface area contributed by atoms with Crippen molar-refractivity contribution in [3.05, 3.63) is 41.7 Å². The van der Waals surface area contributed by atoms with Crippen molar-refractivity contribution in [1.82, 2.24) is 9.97 Å². The summed E-state index contributed by atoms with van der Waals surface area (Å²) in [7, 11) is 1.47. The molecule has 6 heteroatoms. The van der Waals surface area contributed by atoms with E-state index in [2.05, 4.69) is 44.3 Å². The summed E-state index contributed by atoms with van der Waals surface area (Å²) in [5.74, 6) is 0.932. The van der Waals surface area contributed by atoms with Gasteiger partial charge in [-0.25, -0.2) is 9.97 Å². The number of oxime groups is 1. The fourth-order valence-electron chi connectivity index (χ4n) is 1.75. The van der Waals surface area contributed by atoms with Gasteiger partial charge in [0.05, 0.1) is 11.8 Å². The zero-order valence-electron chi connectivity index (χ0n) is 11.5. The van der Waals surface area contributed by atoms with Crippen molar-refractivity contribution < 1.29 is 4.84 Å². The second-order valence-corrected chi connectivity index (χ2v) is 4.12.